The summed E-state index contributed by atoms with van der Waals surface area (Å²) in [7, 11) is 0. The molecule has 1 aromatic heterocycles. The number of rotatable bonds is 3. The molecule has 102 valence electrons. The van der Waals surface area contributed by atoms with E-state index >= 15 is 0 Å². The number of aliphatic hydroxyl groups excluding tert-OH is 1. The molecule has 0 aliphatic rings. The first kappa shape index (κ1) is 14.1. The number of aryl methyl sites for hydroxylation is 1. The summed E-state index contributed by atoms with van der Waals surface area (Å²) >= 11 is 1.49. The van der Waals surface area contributed by atoms with Crippen LogP contribution in [0, 0.1) is 6.92 Å². The van der Waals surface area contributed by atoms with Crippen molar-refractivity contribution in [3.63, 3.8) is 0 Å². The van der Waals surface area contributed by atoms with Crippen LogP contribution in [0.4, 0.5) is 13.2 Å². The quantitative estimate of drug-likeness (QED) is 0.889. The maximum absolute atomic E-state index is 12.4. The van der Waals surface area contributed by atoms with Gasteiger partial charge in [-0.1, -0.05) is 12.1 Å². The highest BCUT2D eigenvalue weighted by atomic mass is 32.1. The van der Waals surface area contributed by atoms with Crippen molar-refractivity contribution in [1.82, 2.24) is 0 Å². The van der Waals surface area contributed by atoms with Crippen molar-refractivity contribution in [2.45, 2.75) is 25.6 Å². The molecular formula is C14H13F3OS. The van der Waals surface area contributed by atoms with Crippen molar-refractivity contribution in [2.24, 2.45) is 0 Å². The highest BCUT2D eigenvalue weighted by Crippen LogP contribution is 2.30. The number of alkyl halides is 3. The molecule has 1 nitrogen and oxygen atoms in total. The molecule has 1 heterocycles. The van der Waals surface area contributed by atoms with Crippen LogP contribution in [0.1, 0.15) is 27.0 Å². The molecule has 5 heteroatoms. The number of aliphatic hydroxyl groups is 1. The van der Waals surface area contributed by atoms with Crippen molar-refractivity contribution in [1.29, 1.82) is 0 Å². The first-order valence-electron chi connectivity index (χ1n) is 5.77. The molecule has 0 aliphatic heterocycles. The molecule has 1 N–H and O–H groups in total. The zero-order valence-electron chi connectivity index (χ0n) is 10.2. The Morgan fingerprint density at radius 1 is 1.11 bits per heavy atom. The van der Waals surface area contributed by atoms with E-state index in [4.69, 9.17) is 0 Å². The van der Waals surface area contributed by atoms with Gasteiger partial charge in [-0.3, -0.25) is 0 Å². The molecule has 0 saturated heterocycles. The van der Waals surface area contributed by atoms with Gasteiger partial charge in [0.15, 0.2) is 0 Å². The Balaban J connectivity index is 2.07. The number of halogens is 3. The molecule has 1 atom stereocenters. The smallest absolute Gasteiger partial charge is 0.387 e. The Bertz CT molecular complexity index is 543. The second-order valence-corrected chi connectivity index (χ2v) is 5.68. The third kappa shape index (κ3) is 3.58. The normalized spacial score (nSPS) is 13.5. The van der Waals surface area contributed by atoms with Crippen LogP contribution >= 0.6 is 11.3 Å². The summed E-state index contributed by atoms with van der Waals surface area (Å²) in [4.78, 5) is 1.93. The molecule has 1 aromatic carbocycles. The van der Waals surface area contributed by atoms with Gasteiger partial charge >= 0.3 is 6.18 Å². The Kier molecular flexibility index (Phi) is 3.96. The number of thiophene rings is 1. The van der Waals surface area contributed by atoms with Crippen LogP contribution in [0.15, 0.2) is 36.4 Å². The molecule has 2 aromatic rings. The summed E-state index contributed by atoms with van der Waals surface area (Å²) < 4.78 is 37.2. The topological polar surface area (TPSA) is 20.2 Å². The van der Waals surface area contributed by atoms with Crippen LogP contribution in [0.5, 0.6) is 0 Å². The Labute approximate surface area is 113 Å². The van der Waals surface area contributed by atoms with Gasteiger partial charge in [-0.25, -0.2) is 0 Å². The molecule has 0 fully saturated rings. The third-order valence-electron chi connectivity index (χ3n) is 2.80. The lowest BCUT2D eigenvalue weighted by molar-refractivity contribution is -0.137. The molecule has 1 unspecified atom stereocenters. The Morgan fingerprint density at radius 3 is 2.21 bits per heavy atom. The zero-order chi connectivity index (χ0) is 14.0. The van der Waals surface area contributed by atoms with Crippen LogP contribution in [0.2, 0.25) is 0 Å². The van der Waals surface area contributed by atoms with E-state index < -0.39 is 17.8 Å². The predicted molar refractivity (Wildman–Crippen MR) is 69.2 cm³/mol. The van der Waals surface area contributed by atoms with E-state index in [1.165, 1.54) is 23.5 Å². The Hall–Kier alpha value is -1.33. The monoisotopic (exact) mass is 286 g/mol. The van der Waals surface area contributed by atoms with E-state index in [1.54, 1.807) is 0 Å². The van der Waals surface area contributed by atoms with Crippen molar-refractivity contribution in [2.75, 3.05) is 0 Å². The lowest BCUT2D eigenvalue weighted by Crippen LogP contribution is -2.05. The van der Waals surface area contributed by atoms with Gasteiger partial charge in [-0.15, -0.1) is 11.3 Å². The van der Waals surface area contributed by atoms with Crippen LogP contribution in [0.3, 0.4) is 0 Å². The largest absolute Gasteiger partial charge is 0.416 e. The van der Waals surface area contributed by atoms with Gasteiger partial charge in [0.2, 0.25) is 0 Å². The fourth-order valence-electron chi connectivity index (χ4n) is 1.79. The minimum Gasteiger partial charge on any atom is -0.387 e. The third-order valence-corrected chi connectivity index (χ3v) is 3.90. The summed E-state index contributed by atoms with van der Waals surface area (Å²) in [6, 6.07) is 8.66. The summed E-state index contributed by atoms with van der Waals surface area (Å²) in [6.45, 7) is 1.94. The molecule has 2 rings (SSSR count). The maximum Gasteiger partial charge on any atom is 0.416 e. The molecular weight excluding hydrogens is 273 g/mol. The molecule has 0 amide bonds. The van der Waals surface area contributed by atoms with E-state index in [2.05, 4.69) is 0 Å². The first-order valence-corrected chi connectivity index (χ1v) is 6.58. The second kappa shape index (κ2) is 5.35. The van der Waals surface area contributed by atoms with Gasteiger partial charge in [-0.05, 0) is 36.8 Å². The summed E-state index contributed by atoms with van der Waals surface area (Å²) in [5.74, 6) is 0. The molecule has 0 spiro atoms. The van der Waals surface area contributed by atoms with Crippen LogP contribution < -0.4 is 0 Å². The molecule has 0 saturated carbocycles. The van der Waals surface area contributed by atoms with Crippen LogP contribution in [-0.4, -0.2) is 5.11 Å². The van der Waals surface area contributed by atoms with Crippen molar-refractivity contribution >= 4 is 11.3 Å². The molecule has 0 radical (unpaired) electrons. The van der Waals surface area contributed by atoms with E-state index in [-0.39, 0.29) is 0 Å². The van der Waals surface area contributed by atoms with Gasteiger partial charge in [0, 0.05) is 16.2 Å². The highest BCUT2D eigenvalue weighted by Gasteiger charge is 2.29. The average molecular weight is 286 g/mol. The van der Waals surface area contributed by atoms with Gasteiger partial charge in [0.1, 0.15) is 0 Å². The fourth-order valence-corrected chi connectivity index (χ4v) is 2.65. The van der Waals surface area contributed by atoms with E-state index in [0.29, 0.717) is 12.0 Å². The van der Waals surface area contributed by atoms with Gasteiger partial charge in [0.25, 0.3) is 0 Å². The SMILES string of the molecule is Cc1ccc(C(O)Cc2ccc(C(F)(F)F)cc2)s1. The first-order chi connectivity index (χ1) is 8.86. The standard InChI is InChI=1S/C14H13F3OS/c1-9-2-7-13(19-9)12(18)8-10-3-5-11(6-4-10)14(15,16)17/h2-7,12,18H,8H2,1H3. The second-order valence-electron chi connectivity index (χ2n) is 4.36. The van der Waals surface area contributed by atoms with Crippen molar-refractivity contribution < 1.29 is 18.3 Å². The minimum absolute atomic E-state index is 0.318. The lowest BCUT2D eigenvalue weighted by Gasteiger charge is -2.10. The van der Waals surface area contributed by atoms with E-state index in [1.807, 2.05) is 19.1 Å². The summed E-state index contributed by atoms with van der Waals surface area (Å²) in [6.07, 6.45) is -4.67. The number of benzene rings is 1. The number of hydrogen-bond donors (Lipinski definition) is 1. The van der Waals surface area contributed by atoms with E-state index in [9.17, 15) is 18.3 Å². The molecule has 0 aliphatic carbocycles. The minimum atomic E-state index is -4.32. The number of hydrogen-bond acceptors (Lipinski definition) is 2. The zero-order valence-corrected chi connectivity index (χ0v) is 11.1. The van der Waals surface area contributed by atoms with Crippen LogP contribution in [0.25, 0.3) is 0 Å². The summed E-state index contributed by atoms with van der Waals surface area (Å²) in [5, 5.41) is 10.0. The average Bonchev–Trinajstić information content (AvgIpc) is 2.75. The van der Waals surface area contributed by atoms with Gasteiger partial charge in [-0.2, -0.15) is 13.2 Å². The fraction of sp³-hybridized carbons (Fsp3) is 0.286. The summed E-state index contributed by atoms with van der Waals surface area (Å²) in [5.41, 5.74) is 0.0178. The van der Waals surface area contributed by atoms with Gasteiger partial charge < -0.3 is 5.11 Å². The van der Waals surface area contributed by atoms with Crippen LogP contribution in [-0.2, 0) is 12.6 Å². The van der Waals surface area contributed by atoms with E-state index in [0.717, 1.165) is 21.9 Å². The van der Waals surface area contributed by atoms with Crippen molar-refractivity contribution in [3.8, 4) is 0 Å². The van der Waals surface area contributed by atoms with Crippen molar-refractivity contribution in [3.05, 3.63) is 57.3 Å². The molecule has 0 bridgehead atoms. The lowest BCUT2D eigenvalue weighted by atomic mass is 10.0. The van der Waals surface area contributed by atoms with Gasteiger partial charge in [0.05, 0.1) is 11.7 Å². The predicted octanol–water partition coefficient (Wildman–Crippen LogP) is 4.35. The highest BCUT2D eigenvalue weighted by molar-refractivity contribution is 7.12. The Morgan fingerprint density at radius 2 is 1.74 bits per heavy atom. The maximum atomic E-state index is 12.4. The molecule has 19 heavy (non-hydrogen) atoms.